The lowest BCUT2D eigenvalue weighted by Gasteiger charge is -2.11. The van der Waals surface area contributed by atoms with Gasteiger partial charge in [-0.15, -0.1) is 0 Å². The average molecular weight is 303 g/mol. The Balaban J connectivity index is 2.03. The average Bonchev–Trinajstić information content (AvgIpc) is 2.69. The molecule has 2 rings (SSSR count). The van der Waals surface area contributed by atoms with E-state index < -0.39 is 18.0 Å². The number of aliphatic hydroxyl groups excluding tert-OH is 1. The van der Waals surface area contributed by atoms with E-state index >= 15 is 0 Å². The number of carbonyl (C=O) groups excluding carboxylic acids is 1. The molecule has 0 aliphatic carbocycles. The summed E-state index contributed by atoms with van der Waals surface area (Å²) in [5.41, 5.74) is 0.140. The van der Waals surface area contributed by atoms with E-state index in [4.69, 9.17) is 0 Å². The zero-order chi connectivity index (χ0) is 12.4. The third-order valence-electron chi connectivity index (χ3n) is 2.61. The molecule has 2 atom stereocenters. The van der Waals surface area contributed by atoms with Crippen molar-refractivity contribution in [2.75, 3.05) is 11.9 Å². The molecule has 1 aromatic rings. The number of anilines is 1. The van der Waals surface area contributed by atoms with E-state index in [-0.39, 0.29) is 11.6 Å². The van der Waals surface area contributed by atoms with Crippen LogP contribution in [0.4, 0.5) is 10.1 Å². The summed E-state index contributed by atoms with van der Waals surface area (Å²) in [5.74, 6) is -0.825. The summed E-state index contributed by atoms with van der Waals surface area (Å²) in [7, 11) is 0. The highest BCUT2D eigenvalue weighted by molar-refractivity contribution is 9.10. The maximum absolute atomic E-state index is 13.5. The standard InChI is InChI=1S/C11H12BrFN2O2/c12-6-1-2-9(8(13)3-6)15-11(17)10-4-7(16)5-14-10/h1-3,7,10,14,16H,4-5H2,(H,15,17). The molecule has 1 fully saturated rings. The van der Waals surface area contributed by atoms with Gasteiger partial charge < -0.3 is 15.7 Å². The van der Waals surface area contributed by atoms with Gasteiger partial charge in [0.2, 0.25) is 5.91 Å². The molecule has 0 spiro atoms. The molecule has 0 radical (unpaired) electrons. The number of carbonyl (C=O) groups is 1. The van der Waals surface area contributed by atoms with Gasteiger partial charge in [-0.05, 0) is 24.6 Å². The molecule has 1 aliphatic heterocycles. The Bertz CT molecular complexity index is 441. The second-order valence-electron chi connectivity index (χ2n) is 3.96. The number of aliphatic hydroxyl groups is 1. The van der Waals surface area contributed by atoms with Crippen LogP contribution in [0.3, 0.4) is 0 Å². The minimum Gasteiger partial charge on any atom is -0.392 e. The van der Waals surface area contributed by atoms with E-state index in [0.29, 0.717) is 17.4 Å². The zero-order valence-corrected chi connectivity index (χ0v) is 10.5. The monoisotopic (exact) mass is 302 g/mol. The van der Waals surface area contributed by atoms with Gasteiger partial charge in [-0.2, -0.15) is 0 Å². The highest BCUT2D eigenvalue weighted by Gasteiger charge is 2.28. The van der Waals surface area contributed by atoms with Crippen LogP contribution >= 0.6 is 15.9 Å². The molecule has 0 bridgehead atoms. The Morgan fingerprint density at radius 1 is 1.59 bits per heavy atom. The van der Waals surface area contributed by atoms with Crippen molar-refractivity contribution in [1.82, 2.24) is 5.32 Å². The van der Waals surface area contributed by atoms with Crippen molar-refractivity contribution < 1.29 is 14.3 Å². The molecule has 1 heterocycles. The fraction of sp³-hybridized carbons (Fsp3) is 0.364. The van der Waals surface area contributed by atoms with Gasteiger partial charge in [0.25, 0.3) is 0 Å². The fourth-order valence-corrected chi connectivity index (χ4v) is 2.06. The molecule has 4 nitrogen and oxygen atoms in total. The molecule has 17 heavy (non-hydrogen) atoms. The van der Waals surface area contributed by atoms with Crippen LogP contribution in [-0.4, -0.2) is 29.7 Å². The first-order chi connectivity index (χ1) is 8.06. The Labute approximate surface area is 106 Å². The number of hydrogen-bond donors (Lipinski definition) is 3. The molecule has 0 saturated carbocycles. The van der Waals surface area contributed by atoms with Crippen molar-refractivity contribution >= 4 is 27.5 Å². The van der Waals surface area contributed by atoms with E-state index in [0.717, 1.165) is 0 Å². The molecule has 1 saturated heterocycles. The molecular weight excluding hydrogens is 291 g/mol. The van der Waals surface area contributed by atoms with Crippen LogP contribution in [0, 0.1) is 5.82 Å². The van der Waals surface area contributed by atoms with Gasteiger partial charge in [0.15, 0.2) is 0 Å². The molecule has 1 aliphatic rings. The highest BCUT2D eigenvalue weighted by Crippen LogP contribution is 2.20. The van der Waals surface area contributed by atoms with Crippen LogP contribution in [0.5, 0.6) is 0 Å². The number of amides is 1. The van der Waals surface area contributed by atoms with E-state index in [1.165, 1.54) is 12.1 Å². The molecule has 92 valence electrons. The van der Waals surface area contributed by atoms with Gasteiger partial charge in [0.1, 0.15) is 5.82 Å². The molecule has 6 heteroatoms. The number of halogens is 2. The lowest BCUT2D eigenvalue weighted by Crippen LogP contribution is -2.35. The number of β-amino-alcohol motifs (C(OH)–C–C–N with tert-alkyl or cyclic N) is 1. The Morgan fingerprint density at radius 2 is 2.35 bits per heavy atom. The maximum atomic E-state index is 13.5. The summed E-state index contributed by atoms with van der Waals surface area (Å²) in [6.45, 7) is 0.390. The normalized spacial score (nSPS) is 23.7. The summed E-state index contributed by atoms with van der Waals surface area (Å²) in [6, 6.07) is 3.96. The fourth-order valence-electron chi connectivity index (χ4n) is 1.73. The van der Waals surface area contributed by atoms with Crippen LogP contribution in [0.2, 0.25) is 0 Å². The van der Waals surface area contributed by atoms with Crippen LogP contribution in [0.15, 0.2) is 22.7 Å². The van der Waals surface area contributed by atoms with Crippen molar-refractivity contribution in [1.29, 1.82) is 0 Å². The number of nitrogens with one attached hydrogen (secondary N) is 2. The summed E-state index contributed by atoms with van der Waals surface area (Å²) >= 11 is 3.14. The largest absolute Gasteiger partial charge is 0.392 e. The predicted molar refractivity (Wildman–Crippen MR) is 65.1 cm³/mol. The first-order valence-corrected chi connectivity index (χ1v) is 6.03. The SMILES string of the molecule is O=C(Nc1ccc(Br)cc1F)C1CC(O)CN1. The van der Waals surface area contributed by atoms with Crippen LogP contribution in [0.25, 0.3) is 0 Å². The molecule has 3 N–H and O–H groups in total. The van der Waals surface area contributed by atoms with E-state index in [9.17, 15) is 14.3 Å². The summed E-state index contributed by atoms with van der Waals surface area (Å²) in [5, 5.41) is 14.6. The number of benzene rings is 1. The van der Waals surface area contributed by atoms with E-state index in [1.807, 2.05) is 0 Å². The topological polar surface area (TPSA) is 61.4 Å². The van der Waals surface area contributed by atoms with Crippen LogP contribution < -0.4 is 10.6 Å². The van der Waals surface area contributed by atoms with Gasteiger partial charge in [0, 0.05) is 11.0 Å². The van der Waals surface area contributed by atoms with Crippen LogP contribution in [-0.2, 0) is 4.79 Å². The van der Waals surface area contributed by atoms with Crippen molar-refractivity contribution in [2.24, 2.45) is 0 Å². The number of rotatable bonds is 2. The maximum Gasteiger partial charge on any atom is 0.241 e. The third-order valence-corrected chi connectivity index (χ3v) is 3.11. The van der Waals surface area contributed by atoms with Gasteiger partial charge in [-0.25, -0.2) is 4.39 Å². The van der Waals surface area contributed by atoms with Gasteiger partial charge in [0.05, 0.1) is 17.8 Å². The number of hydrogen-bond acceptors (Lipinski definition) is 3. The first-order valence-electron chi connectivity index (χ1n) is 5.23. The molecular formula is C11H12BrFN2O2. The van der Waals surface area contributed by atoms with Crippen LogP contribution in [0.1, 0.15) is 6.42 Å². The lowest BCUT2D eigenvalue weighted by molar-refractivity contribution is -0.118. The van der Waals surface area contributed by atoms with Crippen molar-refractivity contribution in [3.05, 3.63) is 28.5 Å². The summed E-state index contributed by atoms with van der Waals surface area (Å²) in [6.07, 6.45) is -0.162. The Hall–Kier alpha value is -0.980. The molecule has 0 aromatic heterocycles. The minimum atomic E-state index is -0.513. The van der Waals surface area contributed by atoms with Crippen molar-refractivity contribution in [2.45, 2.75) is 18.6 Å². The molecule has 1 aromatic carbocycles. The second-order valence-corrected chi connectivity index (χ2v) is 4.88. The summed E-state index contributed by atoms with van der Waals surface area (Å²) < 4.78 is 14.1. The van der Waals surface area contributed by atoms with E-state index in [2.05, 4.69) is 26.6 Å². The minimum absolute atomic E-state index is 0.140. The lowest BCUT2D eigenvalue weighted by atomic mass is 10.2. The Morgan fingerprint density at radius 3 is 2.94 bits per heavy atom. The quantitative estimate of drug-likeness (QED) is 0.770. The third kappa shape index (κ3) is 3.02. The first kappa shape index (κ1) is 12.5. The smallest absolute Gasteiger partial charge is 0.241 e. The predicted octanol–water partition coefficient (Wildman–Crippen LogP) is 1.25. The van der Waals surface area contributed by atoms with Gasteiger partial charge >= 0.3 is 0 Å². The van der Waals surface area contributed by atoms with Gasteiger partial charge in [-0.1, -0.05) is 15.9 Å². The van der Waals surface area contributed by atoms with Crippen molar-refractivity contribution in [3.63, 3.8) is 0 Å². The summed E-state index contributed by atoms with van der Waals surface area (Å²) in [4.78, 5) is 11.7. The van der Waals surface area contributed by atoms with Gasteiger partial charge in [-0.3, -0.25) is 4.79 Å². The Kier molecular flexibility index (Phi) is 3.76. The highest BCUT2D eigenvalue weighted by atomic mass is 79.9. The van der Waals surface area contributed by atoms with Crippen molar-refractivity contribution in [3.8, 4) is 0 Å². The molecule has 1 amide bonds. The molecule has 2 unspecified atom stereocenters. The second kappa shape index (κ2) is 5.12. The van der Waals surface area contributed by atoms with E-state index in [1.54, 1.807) is 6.07 Å². The zero-order valence-electron chi connectivity index (χ0n) is 8.91.